The standard InChI is InChI=1S/C21H18N2O6/c1-12(2)20(24)28-16-7-4-14(5-8-16)11-17-21(25)29-19(22-17)15-6-9-18(23(26)27)13(3)10-15/h4-12H,1-3H3/b17-11-. The molecule has 1 aliphatic heterocycles. The molecule has 0 radical (unpaired) electrons. The third kappa shape index (κ3) is 4.55. The van der Waals surface area contributed by atoms with Crippen molar-refractivity contribution in [2.75, 3.05) is 0 Å². The van der Waals surface area contributed by atoms with E-state index >= 15 is 0 Å². The molecular weight excluding hydrogens is 376 g/mol. The molecule has 8 nitrogen and oxygen atoms in total. The first-order valence-electron chi connectivity index (χ1n) is 8.84. The van der Waals surface area contributed by atoms with E-state index in [4.69, 9.17) is 9.47 Å². The molecule has 0 unspecified atom stereocenters. The Morgan fingerprint density at radius 1 is 1.21 bits per heavy atom. The fourth-order valence-electron chi connectivity index (χ4n) is 2.55. The van der Waals surface area contributed by atoms with Gasteiger partial charge in [-0.15, -0.1) is 0 Å². The van der Waals surface area contributed by atoms with E-state index in [9.17, 15) is 19.7 Å². The van der Waals surface area contributed by atoms with Crippen LogP contribution in [0.3, 0.4) is 0 Å². The van der Waals surface area contributed by atoms with E-state index in [0.29, 0.717) is 22.4 Å². The molecule has 148 valence electrons. The molecule has 1 aliphatic rings. The van der Waals surface area contributed by atoms with Gasteiger partial charge in [0.05, 0.1) is 10.8 Å². The average Bonchev–Trinajstić information content (AvgIpc) is 3.03. The number of cyclic esters (lactones) is 1. The lowest BCUT2D eigenvalue weighted by Crippen LogP contribution is -2.14. The van der Waals surface area contributed by atoms with Crippen LogP contribution in [0.25, 0.3) is 6.08 Å². The van der Waals surface area contributed by atoms with Crippen LogP contribution >= 0.6 is 0 Å². The summed E-state index contributed by atoms with van der Waals surface area (Å²) in [6.07, 6.45) is 1.54. The predicted molar refractivity (Wildman–Crippen MR) is 105 cm³/mol. The molecule has 8 heteroatoms. The predicted octanol–water partition coefficient (Wildman–Crippen LogP) is 3.81. The summed E-state index contributed by atoms with van der Waals surface area (Å²) in [5, 5.41) is 10.9. The highest BCUT2D eigenvalue weighted by atomic mass is 16.6. The molecule has 0 aromatic heterocycles. The SMILES string of the molecule is Cc1cc(C2=N/C(=C\c3ccc(OC(=O)C(C)C)cc3)C(=O)O2)ccc1[N+](=O)[O-]. The number of hydrogen-bond donors (Lipinski definition) is 0. The monoisotopic (exact) mass is 394 g/mol. The fourth-order valence-corrected chi connectivity index (χ4v) is 2.55. The van der Waals surface area contributed by atoms with Crippen LogP contribution in [-0.2, 0) is 14.3 Å². The van der Waals surface area contributed by atoms with Gasteiger partial charge in [-0.1, -0.05) is 26.0 Å². The number of benzene rings is 2. The lowest BCUT2D eigenvalue weighted by Gasteiger charge is -2.06. The Hall–Kier alpha value is -3.81. The first-order valence-corrected chi connectivity index (χ1v) is 8.84. The Morgan fingerprint density at radius 2 is 1.90 bits per heavy atom. The van der Waals surface area contributed by atoms with Gasteiger partial charge >= 0.3 is 11.9 Å². The molecule has 0 fully saturated rings. The third-order valence-electron chi connectivity index (χ3n) is 4.13. The van der Waals surface area contributed by atoms with Crippen molar-refractivity contribution in [1.29, 1.82) is 0 Å². The molecule has 1 heterocycles. The van der Waals surface area contributed by atoms with Crippen LogP contribution in [0.1, 0.15) is 30.5 Å². The Balaban J connectivity index is 1.81. The molecule has 2 aromatic carbocycles. The maximum absolute atomic E-state index is 12.1. The number of nitro benzene ring substituents is 1. The molecule has 0 bridgehead atoms. The van der Waals surface area contributed by atoms with Crippen molar-refractivity contribution in [3.63, 3.8) is 0 Å². The molecule has 0 atom stereocenters. The van der Waals surface area contributed by atoms with E-state index in [2.05, 4.69) is 4.99 Å². The summed E-state index contributed by atoms with van der Waals surface area (Å²) < 4.78 is 10.4. The van der Waals surface area contributed by atoms with E-state index in [1.807, 2.05) is 0 Å². The van der Waals surface area contributed by atoms with Crippen molar-refractivity contribution in [1.82, 2.24) is 0 Å². The van der Waals surface area contributed by atoms with Gasteiger partial charge in [0.2, 0.25) is 5.90 Å². The van der Waals surface area contributed by atoms with E-state index in [-0.39, 0.29) is 29.2 Å². The highest BCUT2D eigenvalue weighted by Gasteiger charge is 2.25. The van der Waals surface area contributed by atoms with Crippen LogP contribution in [-0.4, -0.2) is 22.8 Å². The molecule has 0 saturated heterocycles. The minimum Gasteiger partial charge on any atom is -0.426 e. The summed E-state index contributed by atoms with van der Waals surface area (Å²) >= 11 is 0. The molecule has 0 aliphatic carbocycles. The second-order valence-electron chi connectivity index (χ2n) is 6.74. The summed E-state index contributed by atoms with van der Waals surface area (Å²) in [7, 11) is 0. The Labute approximate surface area is 166 Å². The van der Waals surface area contributed by atoms with Gasteiger partial charge in [0, 0.05) is 17.2 Å². The van der Waals surface area contributed by atoms with Crippen LogP contribution < -0.4 is 4.74 Å². The van der Waals surface area contributed by atoms with Crippen molar-refractivity contribution < 1.29 is 24.0 Å². The lowest BCUT2D eigenvalue weighted by molar-refractivity contribution is -0.385. The number of rotatable bonds is 5. The Kier molecular flexibility index (Phi) is 5.54. The minimum atomic E-state index is -0.619. The minimum absolute atomic E-state index is 0.0207. The molecule has 0 amide bonds. The first-order chi connectivity index (χ1) is 13.7. The van der Waals surface area contributed by atoms with Crippen molar-refractivity contribution in [2.45, 2.75) is 20.8 Å². The summed E-state index contributed by atoms with van der Waals surface area (Å²) in [4.78, 5) is 38.4. The fraction of sp³-hybridized carbons (Fsp3) is 0.190. The third-order valence-corrected chi connectivity index (χ3v) is 4.13. The summed E-state index contributed by atoms with van der Waals surface area (Å²) in [5.41, 5.74) is 1.66. The quantitative estimate of drug-likeness (QED) is 0.251. The van der Waals surface area contributed by atoms with Gasteiger partial charge < -0.3 is 9.47 Å². The van der Waals surface area contributed by atoms with Gasteiger partial charge in [-0.05, 0) is 42.8 Å². The zero-order valence-electron chi connectivity index (χ0n) is 16.0. The van der Waals surface area contributed by atoms with Gasteiger partial charge in [0.1, 0.15) is 5.75 Å². The van der Waals surface area contributed by atoms with Gasteiger partial charge in [0.15, 0.2) is 5.70 Å². The molecule has 0 saturated carbocycles. The van der Waals surface area contributed by atoms with Gasteiger partial charge in [-0.25, -0.2) is 9.79 Å². The topological polar surface area (TPSA) is 108 Å². The van der Waals surface area contributed by atoms with Crippen molar-refractivity contribution >= 4 is 29.6 Å². The first kappa shape index (κ1) is 19.9. The van der Waals surface area contributed by atoms with Crippen molar-refractivity contribution in [3.05, 3.63) is 75.0 Å². The number of carbonyl (C=O) groups is 2. The number of aryl methyl sites for hydroxylation is 1. The average molecular weight is 394 g/mol. The normalized spacial score (nSPS) is 14.7. The van der Waals surface area contributed by atoms with E-state index < -0.39 is 10.9 Å². The molecule has 0 N–H and O–H groups in total. The second kappa shape index (κ2) is 8.05. The number of carbonyl (C=O) groups excluding carboxylic acids is 2. The second-order valence-corrected chi connectivity index (χ2v) is 6.74. The zero-order valence-corrected chi connectivity index (χ0v) is 16.0. The highest BCUT2D eigenvalue weighted by molar-refractivity contribution is 6.13. The van der Waals surface area contributed by atoms with Gasteiger partial charge in [-0.2, -0.15) is 0 Å². The maximum atomic E-state index is 12.1. The number of esters is 2. The number of hydrogen-bond acceptors (Lipinski definition) is 7. The number of nitrogens with zero attached hydrogens (tertiary/aromatic N) is 2. The van der Waals surface area contributed by atoms with Gasteiger partial charge in [0.25, 0.3) is 5.69 Å². The summed E-state index contributed by atoms with van der Waals surface area (Å²) in [6.45, 7) is 5.09. The summed E-state index contributed by atoms with van der Waals surface area (Å²) in [6, 6.07) is 11.0. The molecular formula is C21H18N2O6. The largest absolute Gasteiger partial charge is 0.426 e. The van der Waals surface area contributed by atoms with Crippen LogP contribution in [0.15, 0.2) is 53.2 Å². The molecule has 29 heavy (non-hydrogen) atoms. The van der Waals surface area contributed by atoms with Gasteiger partial charge in [-0.3, -0.25) is 14.9 Å². The smallest absolute Gasteiger partial charge is 0.363 e. The van der Waals surface area contributed by atoms with E-state index in [1.165, 1.54) is 12.1 Å². The maximum Gasteiger partial charge on any atom is 0.363 e. The molecule has 3 rings (SSSR count). The number of nitro groups is 1. The van der Waals surface area contributed by atoms with E-state index in [0.717, 1.165) is 0 Å². The van der Waals surface area contributed by atoms with Crippen molar-refractivity contribution in [3.8, 4) is 5.75 Å². The lowest BCUT2D eigenvalue weighted by atomic mass is 10.1. The number of ether oxygens (including phenoxy) is 2. The Morgan fingerprint density at radius 3 is 2.48 bits per heavy atom. The van der Waals surface area contributed by atoms with Crippen LogP contribution in [0.2, 0.25) is 0 Å². The molecule has 0 spiro atoms. The Bertz CT molecular complexity index is 1050. The zero-order chi connectivity index (χ0) is 21.1. The number of aliphatic imine (C=N–C) groups is 1. The molecule has 2 aromatic rings. The van der Waals surface area contributed by atoms with E-state index in [1.54, 1.807) is 57.2 Å². The van der Waals surface area contributed by atoms with Crippen LogP contribution in [0.4, 0.5) is 5.69 Å². The summed E-state index contributed by atoms with van der Waals surface area (Å²) in [5.74, 6) is -0.692. The van der Waals surface area contributed by atoms with Crippen LogP contribution in [0.5, 0.6) is 5.75 Å². The highest BCUT2D eigenvalue weighted by Crippen LogP contribution is 2.24. The van der Waals surface area contributed by atoms with Crippen molar-refractivity contribution in [2.24, 2.45) is 10.9 Å². The van der Waals surface area contributed by atoms with Crippen LogP contribution in [0, 0.1) is 23.0 Å².